The van der Waals surface area contributed by atoms with Crippen molar-refractivity contribution in [3.63, 3.8) is 0 Å². The lowest BCUT2D eigenvalue weighted by molar-refractivity contribution is -0.144. The third-order valence-corrected chi connectivity index (χ3v) is 2.42. The molecule has 2 rings (SSSR count). The maximum atomic E-state index is 10.9. The summed E-state index contributed by atoms with van der Waals surface area (Å²) in [5.74, 6) is 0.764. The average Bonchev–Trinajstić information content (AvgIpc) is 2.83. The molecule has 1 aromatic carbocycles. The second-order valence-corrected chi connectivity index (χ2v) is 3.54. The van der Waals surface area contributed by atoms with Crippen molar-refractivity contribution < 1.29 is 23.7 Å². The van der Waals surface area contributed by atoms with Gasteiger partial charge in [0.15, 0.2) is 11.5 Å². The summed E-state index contributed by atoms with van der Waals surface area (Å²) in [6.45, 7) is 1.28. The Kier molecular flexibility index (Phi) is 3.24. The van der Waals surface area contributed by atoms with E-state index >= 15 is 0 Å². The van der Waals surface area contributed by atoms with Crippen molar-refractivity contribution in [3.05, 3.63) is 17.7 Å². The summed E-state index contributed by atoms with van der Waals surface area (Å²) in [4.78, 5) is 10.9. The van der Waals surface area contributed by atoms with Gasteiger partial charge in [-0.05, 0) is 12.1 Å². The molecule has 94 valence electrons. The maximum absolute atomic E-state index is 10.9. The van der Waals surface area contributed by atoms with Gasteiger partial charge in [0.2, 0.25) is 18.6 Å². The Morgan fingerprint density at radius 1 is 1.44 bits per heavy atom. The van der Waals surface area contributed by atoms with Crippen LogP contribution in [0.15, 0.2) is 12.1 Å². The van der Waals surface area contributed by atoms with E-state index in [-0.39, 0.29) is 6.79 Å². The van der Waals surface area contributed by atoms with Crippen molar-refractivity contribution in [1.29, 1.82) is 5.26 Å². The highest BCUT2D eigenvalue weighted by Gasteiger charge is 2.28. The molecule has 18 heavy (non-hydrogen) atoms. The molecule has 6 nitrogen and oxygen atoms in total. The Morgan fingerprint density at radius 2 is 2.17 bits per heavy atom. The van der Waals surface area contributed by atoms with Gasteiger partial charge in [0.25, 0.3) is 0 Å². The van der Waals surface area contributed by atoms with Gasteiger partial charge in [-0.1, -0.05) is 0 Å². The second-order valence-electron chi connectivity index (χ2n) is 3.54. The molecule has 0 aliphatic carbocycles. The third kappa shape index (κ3) is 2.02. The molecule has 6 heteroatoms. The summed E-state index contributed by atoms with van der Waals surface area (Å²) in [7, 11) is 1.50. The largest absolute Gasteiger partial charge is 0.493 e. The molecule has 0 radical (unpaired) electrons. The Morgan fingerprint density at radius 3 is 2.78 bits per heavy atom. The number of hydrogen-bond acceptors (Lipinski definition) is 6. The van der Waals surface area contributed by atoms with Crippen LogP contribution in [-0.2, 0) is 9.53 Å². The Hall–Kier alpha value is -2.42. The predicted octanol–water partition coefficient (Wildman–Crippen LogP) is 1.55. The number of rotatable bonds is 3. The van der Waals surface area contributed by atoms with Crippen molar-refractivity contribution >= 4 is 5.97 Å². The first-order valence-electron chi connectivity index (χ1n) is 5.20. The quantitative estimate of drug-likeness (QED) is 0.756. The molecule has 1 atom stereocenters. The van der Waals surface area contributed by atoms with E-state index in [4.69, 9.17) is 24.2 Å². The first-order valence-corrected chi connectivity index (χ1v) is 5.20. The highest BCUT2D eigenvalue weighted by molar-refractivity contribution is 5.67. The molecule has 0 saturated heterocycles. The number of ether oxygens (including phenoxy) is 4. The number of esters is 1. The van der Waals surface area contributed by atoms with Crippen LogP contribution in [0.1, 0.15) is 18.6 Å². The number of nitriles is 1. The van der Waals surface area contributed by atoms with E-state index < -0.39 is 12.1 Å². The SMILES string of the molecule is COc1ccc(C(C#N)OC(C)=O)c2c1OCO2. The molecule has 1 aliphatic heterocycles. The molecule has 0 aromatic heterocycles. The van der Waals surface area contributed by atoms with Crippen LogP contribution in [0.25, 0.3) is 0 Å². The van der Waals surface area contributed by atoms with Crippen LogP contribution in [0.4, 0.5) is 0 Å². The normalized spacial score (nSPS) is 13.6. The second kappa shape index (κ2) is 4.84. The first-order chi connectivity index (χ1) is 8.67. The van der Waals surface area contributed by atoms with Crippen molar-refractivity contribution in [2.45, 2.75) is 13.0 Å². The summed E-state index contributed by atoms with van der Waals surface area (Å²) in [6.07, 6.45) is -1.02. The minimum absolute atomic E-state index is 0.0426. The molecule has 1 aromatic rings. The van der Waals surface area contributed by atoms with E-state index in [9.17, 15) is 4.79 Å². The van der Waals surface area contributed by atoms with Crippen LogP contribution in [0.3, 0.4) is 0 Å². The van der Waals surface area contributed by atoms with E-state index in [2.05, 4.69) is 0 Å². The van der Waals surface area contributed by atoms with Crippen LogP contribution in [0, 0.1) is 11.3 Å². The molecule has 0 saturated carbocycles. The van der Waals surface area contributed by atoms with Gasteiger partial charge in [-0.15, -0.1) is 0 Å². The van der Waals surface area contributed by atoms with Crippen LogP contribution < -0.4 is 14.2 Å². The van der Waals surface area contributed by atoms with Gasteiger partial charge in [0.1, 0.15) is 6.07 Å². The standard InChI is InChI=1S/C12H11NO5/c1-7(14)18-10(5-13)8-3-4-9(15-2)12-11(8)16-6-17-12/h3-4,10H,6H2,1-2H3. The maximum Gasteiger partial charge on any atom is 0.304 e. The van der Waals surface area contributed by atoms with Gasteiger partial charge < -0.3 is 18.9 Å². The third-order valence-electron chi connectivity index (χ3n) is 2.42. The number of nitrogens with zero attached hydrogens (tertiary/aromatic N) is 1. The Labute approximate surface area is 104 Å². The van der Waals surface area contributed by atoms with Gasteiger partial charge in [0, 0.05) is 6.92 Å². The minimum Gasteiger partial charge on any atom is -0.493 e. The molecule has 1 unspecified atom stereocenters. The monoisotopic (exact) mass is 249 g/mol. The first kappa shape index (κ1) is 12.0. The van der Waals surface area contributed by atoms with Crippen molar-refractivity contribution in [2.24, 2.45) is 0 Å². The molecular formula is C12H11NO5. The fraction of sp³-hybridized carbons (Fsp3) is 0.333. The number of benzene rings is 1. The van der Waals surface area contributed by atoms with E-state index in [1.807, 2.05) is 6.07 Å². The van der Waals surface area contributed by atoms with E-state index in [0.29, 0.717) is 22.8 Å². The van der Waals surface area contributed by atoms with E-state index in [1.54, 1.807) is 12.1 Å². The highest BCUT2D eigenvalue weighted by atomic mass is 16.7. The van der Waals surface area contributed by atoms with Gasteiger partial charge in [-0.2, -0.15) is 5.26 Å². The van der Waals surface area contributed by atoms with Crippen LogP contribution in [-0.4, -0.2) is 19.9 Å². The zero-order valence-corrected chi connectivity index (χ0v) is 9.93. The fourth-order valence-electron chi connectivity index (χ4n) is 1.69. The number of carbonyl (C=O) groups excluding carboxylic acids is 1. The molecule has 0 bridgehead atoms. The molecule has 0 fully saturated rings. The van der Waals surface area contributed by atoms with Gasteiger partial charge in [-0.3, -0.25) is 4.79 Å². The molecule has 0 spiro atoms. The number of hydrogen-bond donors (Lipinski definition) is 0. The van der Waals surface area contributed by atoms with Crippen molar-refractivity contribution in [2.75, 3.05) is 13.9 Å². The van der Waals surface area contributed by atoms with Crippen LogP contribution in [0.2, 0.25) is 0 Å². The summed E-state index contributed by atoms with van der Waals surface area (Å²) in [5, 5.41) is 9.03. The van der Waals surface area contributed by atoms with Crippen molar-refractivity contribution in [3.8, 4) is 23.3 Å². The molecule has 1 aliphatic rings. The van der Waals surface area contributed by atoms with Crippen LogP contribution >= 0.6 is 0 Å². The summed E-state index contributed by atoms with van der Waals surface area (Å²) in [5.41, 5.74) is 0.445. The van der Waals surface area contributed by atoms with Gasteiger partial charge >= 0.3 is 5.97 Å². The fourth-order valence-corrected chi connectivity index (χ4v) is 1.69. The average molecular weight is 249 g/mol. The van der Waals surface area contributed by atoms with Gasteiger partial charge in [0.05, 0.1) is 12.7 Å². The topological polar surface area (TPSA) is 77.8 Å². The van der Waals surface area contributed by atoms with Gasteiger partial charge in [-0.25, -0.2) is 0 Å². The van der Waals surface area contributed by atoms with Crippen molar-refractivity contribution in [1.82, 2.24) is 0 Å². The zero-order chi connectivity index (χ0) is 13.1. The Bertz CT molecular complexity index is 520. The highest BCUT2D eigenvalue weighted by Crippen LogP contribution is 2.45. The molecule has 0 N–H and O–H groups in total. The number of fused-ring (bicyclic) bond motifs is 1. The summed E-state index contributed by atoms with van der Waals surface area (Å²) < 4.78 is 20.6. The lowest BCUT2D eigenvalue weighted by Gasteiger charge is -2.13. The Balaban J connectivity index is 2.43. The summed E-state index contributed by atoms with van der Waals surface area (Å²) >= 11 is 0. The molecule has 1 heterocycles. The van der Waals surface area contributed by atoms with E-state index in [0.717, 1.165) is 0 Å². The molecular weight excluding hydrogens is 238 g/mol. The zero-order valence-electron chi connectivity index (χ0n) is 9.93. The molecule has 0 amide bonds. The summed E-state index contributed by atoms with van der Waals surface area (Å²) in [6, 6.07) is 5.15. The lowest BCUT2D eigenvalue weighted by Crippen LogP contribution is -2.07. The van der Waals surface area contributed by atoms with E-state index in [1.165, 1.54) is 14.0 Å². The number of methoxy groups -OCH3 is 1. The minimum atomic E-state index is -1.02. The van der Waals surface area contributed by atoms with Crippen LogP contribution in [0.5, 0.6) is 17.2 Å². The number of carbonyl (C=O) groups is 1. The predicted molar refractivity (Wildman–Crippen MR) is 59.2 cm³/mol. The smallest absolute Gasteiger partial charge is 0.304 e. The lowest BCUT2D eigenvalue weighted by atomic mass is 10.1.